The number of methoxy groups -OCH3 is 2. The van der Waals surface area contributed by atoms with Gasteiger partial charge in [-0.1, -0.05) is 12.1 Å². The van der Waals surface area contributed by atoms with Gasteiger partial charge in [0.05, 0.1) is 36.8 Å². The van der Waals surface area contributed by atoms with E-state index in [-0.39, 0.29) is 21.7 Å². The van der Waals surface area contributed by atoms with Crippen molar-refractivity contribution in [2.24, 2.45) is 0 Å². The van der Waals surface area contributed by atoms with Gasteiger partial charge in [-0.3, -0.25) is 24.1 Å². The Balaban J connectivity index is 1.63. The van der Waals surface area contributed by atoms with Crippen molar-refractivity contribution >= 4 is 46.0 Å². The van der Waals surface area contributed by atoms with Gasteiger partial charge >= 0.3 is 11.9 Å². The standard InChI is InChI=1S/C22H20N2O7S/c1-10(24-19(26)11-6-4-5-7-12(11)20(24)27)17(25)23-18-16(22(29)31-3)15-13(21(28)30-2)8-9-14(15)32-18/h4-7,10,13H,8-9H2,1-3H3,(H,23,25)/t10-,13+/m1/s1. The van der Waals surface area contributed by atoms with Crippen molar-refractivity contribution in [1.82, 2.24) is 4.90 Å². The predicted octanol–water partition coefficient (Wildman–Crippen LogP) is 2.36. The van der Waals surface area contributed by atoms with Crippen LogP contribution in [0.3, 0.4) is 0 Å². The van der Waals surface area contributed by atoms with Gasteiger partial charge in [-0.05, 0) is 37.5 Å². The minimum atomic E-state index is -1.12. The number of hydrogen-bond donors (Lipinski definition) is 1. The summed E-state index contributed by atoms with van der Waals surface area (Å²) in [7, 11) is 2.48. The number of benzene rings is 1. The Morgan fingerprint density at radius 3 is 2.28 bits per heavy atom. The number of fused-ring (bicyclic) bond motifs is 2. The number of carbonyl (C=O) groups excluding carboxylic acids is 5. The third kappa shape index (κ3) is 3.27. The average Bonchev–Trinajstić information content (AvgIpc) is 3.43. The minimum Gasteiger partial charge on any atom is -0.469 e. The van der Waals surface area contributed by atoms with Gasteiger partial charge in [-0.2, -0.15) is 0 Å². The van der Waals surface area contributed by atoms with Crippen LogP contribution in [0, 0.1) is 0 Å². The van der Waals surface area contributed by atoms with Crippen LogP contribution in [-0.4, -0.2) is 54.8 Å². The van der Waals surface area contributed by atoms with Crippen LogP contribution in [0.4, 0.5) is 5.00 Å². The van der Waals surface area contributed by atoms with Crippen molar-refractivity contribution in [3.05, 3.63) is 51.4 Å². The molecule has 0 radical (unpaired) electrons. The van der Waals surface area contributed by atoms with E-state index in [1.807, 2.05) is 0 Å². The first-order chi connectivity index (χ1) is 15.3. The molecule has 1 aromatic carbocycles. The van der Waals surface area contributed by atoms with E-state index in [9.17, 15) is 24.0 Å². The molecule has 2 aliphatic rings. The molecular weight excluding hydrogens is 436 g/mol. The maximum Gasteiger partial charge on any atom is 0.341 e. The first kappa shape index (κ1) is 21.7. The molecule has 3 amide bonds. The minimum absolute atomic E-state index is 0.100. The number of hydrogen-bond acceptors (Lipinski definition) is 8. The van der Waals surface area contributed by atoms with Crippen molar-refractivity contribution in [3.8, 4) is 0 Å². The molecule has 166 valence electrons. The number of thiophene rings is 1. The number of imide groups is 1. The van der Waals surface area contributed by atoms with E-state index in [1.165, 1.54) is 44.6 Å². The van der Waals surface area contributed by atoms with Crippen LogP contribution < -0.4 is 5.32 Å². The summed E-state index contributed by atoms with van der Waals surface area (Å²) >= 11 is 1.17. The number of carbonyl (C=O) groups is 5. The molecule has 2 aromatic rings. The second-order valence-corrected chi connectivity index (χ2v) is 8.55. The fourth-order valence-electron chi connectivity index (χ4n) is 4.13. The van der Waals surface area contributed by atoms with Crippen molar-refractivity contribution in [2.45, 2.75) is 31.7 Å². The molecule has 0 unspecified atom stereocenters. The summed E-state index contributed by atoms with van der Waals surface area (Å²) in [6, 6.07) is 5.23. The summed E-state index contributed by atoms with van der Waals surface area (Å²) < 4.78 is 9.74. The number of nitrogens with zero attached hydrogens (tertiary/aromatic N) is 1. The van der Waals surface area contributed by atoms with Crippen LogP contribution in [0.2, 0.25) is 0 Å². The lowest BCUT2D eigenvalue weighted by Gasteiger charge is -2.21. The van der Waals surface area contributed by atoms with Crippen LogP contribution >= 0.6 is 11.3 Å². The van der Waals surface area contributed by atoms with Crippen LogP contribution in [0.1, 0.15) is 60.8 Å². The summed E-state index contributed by atoms with van der Waals surface area (Å²) in [5.74, 6) is -3.54. The first-order valence-corrected chi connectivity index (χ1v) is 10.7. The number of ether oxygens (including phenoxy) is 2. The highest BCUT2D eigenvalue weighted by Gasteiger charge is 2.42. The SMILES string of the molecule is COC(=O)c1c(NC(=O)[C@@H](C)N2C(=O)c3ccccc3C2=O)sc2c1[C@@H](C(=O)OC)CC2. The Labute approximate surface area is 187 Å². The maximum atomic E-state index is 13.0. The van der Waals surface area contributed by atoms with Crippen LogP contribution in [0.5, 0.6) is 0 Å². The van der Waals surface area contributed by atoms with E-state index < -0.39 is 41.6 Å². The summed E-state index contributed by atoms with van der Waals surface area (Å²) in [5.41, 5.74) is 1.08. The molecule has 0 saturated carbocycles. The molecule has 0 saturated heterocycles. The highest BCUT2D eigenvalue weighted by atomic mass is 32.1. The second-order valence-electron chi connectivity index (χ2n) is 7.44. The fourth-order valence-corrected chi connectivity index (χ4v) is 5.40. The fraction of sp³-hybridized carbons (Fsp3) is 0.318. The van der Waals surface area contributed by atoms with E-state index in [1.54, 1.807) is 12.1 Å². The van der Waals surface area contributed by atoms with Gasteiger partial charge in [0.25, 0.3) is 11.8 Å². The Bertz CT molecular complexity index is 1130. The number of aryl methyl sites for hydroxylation is 1. The number of anilines is 1. The van der Waals surface area contributed by atoms with Crippen molar-refractivity contribution in [1.29, 1.82) is 0 Å². The molecule has 32 heavy (non-hydrogen) atoms. The second kappa shape index (κ2) is 8.19. The summed E-state index contributed by atoms with van der Waals surface area (Å²) in [5, 5.41) is 2.87. The molecule has 0 fully saturated rings. The summed E-state index contributed by atoms with van der Waals surface area (Å²) in [6.07, 6.45) is 1.05. The number of nitrogens with one attached hydrogen (secondary N) is 1. The number of esters is 2. The van der Waals surface area contributed by atoms with Gasteiger partial charge < -0.3 is 14.8 Å². The third-order valence-electron chi connectivity index (χ3n) is 5.73. The van der Waals surface area contributed by atoms with Crippen LogP contribution in [0.15, 0.2) is 24.3 Å². The summed E-state index contributed by atoms with van der Waals surface area (Å²) in [4.78, 5) is 64.8. The molecule has 10 heteroatoms. The Morgan fingerprint density at radius 1 is 1.09 bits per heavy atom. The summed E-state index contributed by atoms with van der Waals surface area (Å²) in [6.45, 7) is 1.44. The molecule has 1 aromatic heterocycles. The van der Waals surface area contributed by atoms with E-state index in [0.29, 0.717) is 18.4 Å². The van der Waals surface area contributed by atoms with Crippen molar-refractivity contribution in [3.63, 3.8) is 0 Å². The molecule has 2 atom stereocenters. The van der Waals surface area contributed by atoms with Gasteiger partial charge in [0.2, 0.25) is 5.91 Å². The highest BCUT2D eigenvalue weighted by Crippen LogP contribution is 2.46. The lowest BCUT2D eigenvalue weighted by Crippen LogP contribution is -2.45. The topological polar surface area (TPSA) is 119 Å². The molecule has 1 N–H and O–H groups in total. The molecule has 0 spiro atoms. The smallest absolute Gasteiger partial charge is 0.341 e. The van der Waals surface area contributed by atoms with Gasteiger partial charge in [-0.15, -0.1) is 11.3 Å². The van der Waals surface area contributed by atoms with Gasteiger partial charge in [-0.25, -0.2) is 4.79 Å². The predicted molar refractivity (Wildman–Crippen MR) is 114 cm³/mol. The van der Waals surface area contributed by atoms with Gasteiger partial charge in [0.1, 0.15) is 11.0 Å². The normalized spacial score (nSPS) is 17.6. The van der Waals surface area contributed by atoms with Crippen molar-refractivity contribution in [2.75, 3.05) is 19.5 Å². The molecule has 4 rings (SSSR count). The number of amides is 3. The molecular formula is C22H20N2O7S. The third-order valence-corrected chi connectivity index (χ3v) is 6.92. The Kier molecular flexibility index (Phi) is 5.55. The number of rotatable bonds is 5. The molecule has 1 aliphatic heterocycles. The lowest BCUT2D eigenvalue weighted by molar-refractivity contribution is -0.142. The van der Waals surface area contributed by atoms with Gasteiger partial charge in [0, 0.05) is 4.88 Å². The zero-order valence-electron chi connectivity index (χ0n) is 17.6. The molecule has 0 bridgehead atoms. The molecule has 2 heterocycles. The zero-order valence-corrected chi connectivity index (χ0v) is 18.4. The van der Waals surface area contributed by atoms with E-state index >= 15 is 0 Å². The molecule has 1 aliphatic carbocycles. The van der Waals surface area contributed by atoms with E-state index in [2.05, 4.69) is 5.32 Å². The molecule has 9 nitrogen and oxygen atoms in total. The maximum absolute atomic E-state index is 13.0. The lowest BCUT2D eigenvalue weighted by atomic mass is 9.99. The first-order valence-electron chi connectivity index (χ1n) is 9.89. The highest BCUT2D eigenvalue weighted by molar-refractivity contribution is 7.17. The Hall–Kier alpha value is -3.53. The largest absolute Gasteiger partial charge is 0.469 e. The van der Waals surface area contributed by atoms with Crippen LogP contribution in [-0.2, 0) is 25.5 Å². The average molecular weight is 456 g/mol. The van der Waals surface area contributed by atoms with Gasteiger partial charge in [0.15, 0.2) is 0 Å². The van der Waals surface area contributed by atoms with E-state index in [4.69, 9.17) is 9.47 Å². The van der Waals surface area contributed by atoms with Crippen LogP contribution in [0.25, 0.3) is 0 Å². The van der Waals surface area contributed by atoms with Crippen molar-refractivity contribution < 1.29 is 33.4 Å². The quantitative estimate of drug-likeness (QED) is 0.542. The monoisotopic (exact) mass is 456 g/mol. The van der Waals surface area contributed by atoms with E-state index in [0.717, 1.165) is 9.78 Å². The Morgan fingerprint density at radius 2 is 1.72 bits per heavy atom. The zero-order chi connectivity index (χ0) is 23.2.